The Morgan fingerprint density at radius 2 is 2.22 bits per heavy atom. The van der Waals surface area contributed by atoms with Crippen molar-refractivity contribution in [3.63, 3.8) is 0 Å². The summed E-state index contributed by atoms with van der Waals surface area (Å²) in [7, 11) is 0. The van der Waals surface area contributed by atoms with E-state index in [9.17, 15) is 0 Å². The zero-order valence-corrected chi connectivity index (χ0v) is 6.98. The van der Waals surface area contributed by atoms with Crippen LogP contribution in [-0.4, -0.2) is 0 Å². The lowest BCUT2D eigenvalue weighted by molar-refractivity contribution is 1.47. The van der Waals surface area contributed by atoms with Gasteiger partial charge in [0, 0.05) is 4.48 Å². The van der Waals surface area contributed by atoms with Crippen molar-refractivity contribution in [3.05, 3.63) is 35.0 Å². The van der Waals surface area contributed by atoms with Crippen LogP contribution in [0.15, 0.2) is 35.0 Å². The van der Waals surface area contributed by atoms with Crippen LogP contribution in [0.4, 0.5) is 0 Å². The zero-order chi connectivity index (χ0) is 7.28. The molecule has 0 aromatic heterocycles. The van der Waals surface area contributed by atoms with Gasteiger partial charge in [0.1, 0.15) is 0 Å². The number of halogens is 1. The van der Waals surface area contributed by atoms with E-state index in [2.05, 4.69) is 22.5 Å². The standard InChI is InChI=1S/C7H10BrN/c1-6(3-4-9)5-7(2)8/h3-5H,2,9H2,1H3/b4-3-,6-5-. The Kier molecular flexibility index (Phi) is 4.14. The highest BCUT2D eigenvalue weighted by molar-refractivity contribution is 9.11. The van der Waals surface area contributed by atoms with Crippen LogP contribution in [0.2, 0.25) is 0 Å². The van der Waals surface area contributed by atoms with Crippen molar-refractivity contribution in [2.75, 3.05) is 0 Å². The molecule has 0 aliphatic heterocycles. The van der Waals surface area contributed by atoms with E-state index in [0.717, 1.165) is 10.1 Å². The lowest BCUT2D eigenvalue weighted by atomic mass is 10.3. The molecule has 0 saturated heterocycles. The highest BCUT2D eigenvalue weighted by Gasteiger charge is 1.80. The smallest absolute Gasteiger partial charge is 0.0106 e. The lowest BCUT2D eigenvalue weighted by Gasteiger charge is -1.87. The zero-order valence-electron chi connectivity index (χ0n) is 5.39. The van der Waals surface area contributed by atoms with Gasteiger partial charge in [-0.25, -0.2) is 0 Å². The van der Waals surface area contributed by atoms with Crippen molar-refractivity contribution in [3.8, 4) is 0 Å². The molecule has 50 valence electrons. The van der Waals surface area contributed by atoms with Crippen LogP contribution in [0.3, 0.4) is 0 Å². The second-order valence-electron chi connectivity index (χ2n) is 1.69. The van der Waals surface area contributed by atoms with Crippen LogP contribution in [0.25, 0.3) is 0 Å². The van der Waals surface area contributed by atoms with Crippen LogP contribution >= 0.6 is 15.9 Å². The molecule has 0 saturated carbocycles. The second kappa shape index (κ2) is 4.39. The van der Waals surface area contributed by atoms with Crippen molar-refractivity contribution in [2.45, 2.75) is 6.92 Å². The van der Waals surface area contributed by atoms with Gasteiger partial charge in [0.05, 0.1) is 0 Å². The first-order chi connectivity index (χ1) is 4.16. The lowest BCUT2D eigenvalue weighted by Crippen LogP contribution is -1.76. The van der Waals surface area contributed by atoms with Crippen molar-refractivity contribution >= 4 is 15.9 Å². The van der Waals surface area contributed by atoms with E-state index in [1.807, 2.05) is 19.1 Å². The Labute approximate surface area is 64.1 Å². The number of hydrogen-bond donors (Lipinski definition) is 1. The summed E-state index contributed by atoms with van der Waals surface area (Å²) in [6.45, 7) is 5.60. The van der Waals surface area contributed by atoms with Crippen LogP contribution in [0, 0.1) is 0 Å². The maximum atomic E-state index is 5.14. The average molecular weight is 188 g/mol. The first kappa shape index (κ1) is 8.50. The van der Waals surface area contributed by atoms with Crippen molar-refractivity contribution in [2.24, 2.45) is 5.73 Å². The maximum absolute atomic E-state index is 5.14. The van der Waals surface area contributed by atoms with Gasteiger partial charge in [0.2, 0.25) is 0 Å². The highest BCUT2D eigenvalue weighted by atomic mass is 79.9. The van der Waals surface area contributed by atoms with Crippen LogP contribution < -0.4 is 5.73 Å². The summed E-state index contributed by atoms with van der Waals surface area (Å²) in [6, 6.07) is 0. The fourth-order valence-corrected chi connectivity index (χ4v) is 0.808. The minimum Gasteiger partial charge on any atom is -0.405 e. The molecule has 0 aliphatic carbocycles. The van der Waals surface area contributed by atoms with Gasteiger partial charge in [-0.1, -0.05) is 22.5 Å². The van der Waals surface area contributed by atoms with E-state index in [-0.39, 0.29) is 0 Å². The van der Waals surface area contributed by atoms with Gasteiger partial charge in [-0.15, -0.1) is 0 Å². The maximum Gasteiger partial charge on any atom is 0.0106 e. The van der Waals surface area contributed by atoms with Gasteiger partial charge in [-0.3, -0.25) is 0 Å². The molecule has 0 amide bonds. The summed E-state index contributed by atoms with van der Waals surface area (Å²) in [5.74, 6) is 0. The molecule has 2 heteroatoms. The normalized spacial score (nSPS) is 12.4. The Bertz CT molecular complexity index is 156. The predicted molar refractivity (Wildman–Crippen MR) is 45.2 cm³/mol. The molecule has 1 nitrogen and oxygen atoms in total. The largest absolute Gasteiger partial charge is 0.405 e. The monoisotopic (exact) mass is 187 g/mol. The fourth-order valence-electron chi connectivity index (χ4n) is 0.447. The molecular weight excluding hydrogens is 178 g/mol. The van der Waals surface area contributed by atoms with Gasteiger partial charge < -0.3 is 5.73 Å². The molecule has 0 unspecified atom stereocenters. The summed E-state index contributed by atoms with van der Waals surface area (Å²) in [5.41, 5.74) is 6.22. The average Bonchev–Trinajstić information content (AvgIpc) is 1.63. The van der Waals surface area contributed by atoms with Crippen molar-refractivity contribution in [1.29, 1.82) is 0 Å². The van der Waals surface area contributed by atoms with Crippen molar-refractivity contribution in [1.82, 2.24) is 0 Å². The third-order valence-corrected chi connectivity index (χ3v) is 0.972. The molecule has 9 heavy (non-hydrogen) atoms. The van der Waals surface area contributed by atoms with Crippen LogP contribution in [0.1, 0.15) is 6.92 Å². The summed E-state index contributed by atoms with van der Waals surface area (Å²) < 4.78 is 0.859. The summed E-state index contributed by atoms with van der Waals surface area (Å²) in [5, 5.41) is 0. The van der Waals surface area contributed by atoms with E-state index in [1.165, 1.54) is 6.20 Å². The minimum absolute atomic E-state index is 0.859. The van der Waals surface area contributed by atoms with Gasteiger partial charge in [0.15, 0.2) is 0 Å². The molecule has 0 spiro atoms. The Morgan fingerprint density at radius 1 is 1.67 bits per heavy atom. The third kappa shape index (κ3) is 5.37. The fraction of sp³-hybridized carbons (Fsp3) is 0.143. The molecule has 0 aromatic rings. The molecule has 2 N–H and O–H groups in total. The minimum atomic E-state index is 0.859. The first-order valence-electron chi connectivity index (χ1n) is 2.58. The number of nitrogens with two attached hydrogens (primary N) is 1. The number of allylic oxidation sites excluding steroid dienone is 4. The van der Waals surface area contributed by atoms with Crippen molar-refractivity contribution < 1.29 is 0 Å². The molecule has 0 radical (unpaired) electrons. The van der Waals surface area contributed by atoms with E-state index in [1.54, 1.807) is 0 Å². The van der Waals surface area contributed by atoms with Gasteiger partial charge in [-0.05, 0) is 30.8 Å². The first-order valence-corrected chi connectivity index (χ1v) is 3.37. The van der Waals surface area contributed by atoms with Crippen LogP contribution in [-0.2, 0) is 0 Å². The van der Waals surface area contributed by atoms with Gasteiger partial charge >= 0.3 is 0 Å². The Balaban J connectivity index is 4.00. The Morgan fingerprint density at radius 3 is 2.56 bits per heavy atom. The molecule has 0 aliphatic rings. The summed E-state index contributed by atoms with van der Waals surface area (Å²) in [4.78, 5) is 0. The molecule has 0 aromatic carbocycles. The summed E-state index contributed by atoms with van der Waals surface area (Å²) in [6.07, 6.45) is 5.21. The molecule has 0 bridgehead atoms. The van der Waals surface area contributed by atoms with Crippen LogP contribution in [0.5, 0.6) is 0 Å². The van der Waals surface area contributed by atoms with E-state index in [4.69, 9.17) is 5.73 Å². The molecular formula is C7H10BrN. The number of rotatable bonds is 2. The molecule has 0 heterocycles. The van der Waals surface area contributed by atoms with Gasteiger partial charge in [-0.2, -0.15) is 0 Å². The Hall–Kier alpha value is -0.500. The van der Waals surface area contributed by atoms with E-state index in [0.29, 0.717) is 0 Å². The topological polar surface area (TPSA) is 26.0 Å². The molecule has 0 atom stereocenters. The van der Waals surface area contributed by atoms with Gasteiger partial charge in [0.25, 0.3) is 0 Å². The SMILES string of the molecule is C=C(Br)/C=C(C)\C=C/N. The van der Waals surface area contributed by atoms with E-state index >= 15 is 0 Å². The molecule has 0 rings (SSSR count). The predicted octanol–water partition coefficient (Wildman–Crippen LogP) is 2.31. The second-order valence-corrected chi connectivity index (χ2v) is 2.71. The third-order valence-electron chi connectivity index (χ3n) is 0.743. The quantitative estimate of drug-likeness (QED) is 0.661. The highest BCUT2D eigenvalue weighted by Crippen LogP contribution is 2.06. The number of hydrogen-bond acceptors (Lipinski definition) is 1. The summed E-state index contributed by atoms with van der Waals surface area (Å²) >= 11 is 3.20. The molecule has 0 fully saturated rings. The van der Waals surface area contributed by atoms with E-state index < -0.39 is 0 Å².